The van der Waals surface area contributed by atoms with Crippen LogP contribution in [0.25, 0.3) is 0 Å². The molecule has 0 bridgehead atoms. The summed E-state index contributed by atoms with van der Waals surface area (Å²) in [7, 11) is 0. The number of carboxylic acid groups (broad SMARTS) is 1. The molecule has 0 fully saturated rings. The molecule has 1 aromatic carbocycles. The van der Waals surface area contributed by atoms with Crippen molar-refractivity contribution < 1.29 is 9.90 Å². The van der Waals surface area contributed by atoms with Gasteiger partial charge < -0.3 is 5.11 Å². The number of hydrogen-bond donors (Lipinski definition) is 1. The Labute approximate surface area is 107 Å². The van der Waals surface area contributed by atoms with E-state index >= 15 is 0 Å². The molecule has 2 nitrogen and oxygen atoms in total. The van der Waals surface area contributed by atoms with Gasteiger partial charge in [-0.1, -0.05) is 44.2 Å². The Kier molecular flexibility index (Phi) is 6.12. The predicted molar refractivity (Wildman–Crippen MR) is 73.3 cm³/mol. The zero-order valence-corrected chi connectivity index (χ0v) is 11.2. The number of carbonyl (C=O) groups is 1. The second-order valence-corrected chi connectivity index (χ2v) is 5.86. The first-order valence-corrected chi connectivity index (χ1v) is 7.02. The Balaban J connectivity index is 2.58. The van der Waals surface area contributed by atoms with Crippen molar-refractivity contribution in [2.75, 3.05) is 5.75 Å². The van der Waals surface area contributed by atoms with Crippen LogP contribution in [0.1, 0.15) is 37.5 Å². The molecule has 94 valence electrons. The van der Waals surface area contributed by atoms with Crippen molar-refractivity contribution in [1.82, 2.24) is 0 Å². The molecule has 0 aromatic heterocycles. The molecule has 0 aliphatic heterocycles. The molecule has 1 N–H and O–H groups in total. The zero-order valence-electron chi connectivity index (χ0n) is 10.4. The molecule has 0 saturated heterocycles. The molecule has 0 amide bonds. The smallest absolute Gasteiger partial charge is 0.304 e. The average molecular weight is 252 g/mol. The standard InChI is InChI=1S/C14H20O2S/c1-11(2)8-9-17-13(10-14(15)16)12-6-4-3-5-7-12/h3-7,11,13H,8-10H2,1-2H3,(H,15,16)/t13-/m0/s1. The van der Waals surface area contributed by atoms with Gasteiger partial charge in [-0.05, 0) is 23.7 Å². The van der Waals surface area contributed by atoms with Gasteiger partial charge in [0.05, 0.1) is 6.42 Å². The summed E-state index contributed by atoms with van der Waals surface area (Å²) in [6, 6.07) is 9.91. The second kappa shape index (κ2) is 7.38. The minimum atomic E-state index is -0.726. The monoisotopic (exact) mass is 252 g/mol. The van der Waals surface area contributed by atoms with E-state index in [1.54, 1.807) is 11.8 Å². The van der Waals surface area contributed by atoms with Crippen LogP contribution >= 0.6 is 11.8 Å². The van der Waals surface area contributed by atoms with Gasteiger partial charge in [0.1, 0.15) is 0 Å². The number of rotatable bonds is 7. The van der Waals surface area contributed by atoms with Crippen LogP contribution in [0.4, 0.5) is 0 Å². The molecule has 0 heterocycles. The van der Waals surface area contributed by atoms with Gasteiger partial charge in [0.25, 0.3) is 0 Å². The summed E-state index contributed by atoms with van der Waals surface area (Å²) < 4.78 is 0. The molecule has 17 heavy (non-hydrogen) atoms. The Morgan fingerprint density at radius 1 is 1.29 bits per heavy atom. The molecule has 3 heteroatoms. The maximum atomic E-state index is 10.9. The molecule has 0 radical (unpaired) electrons. The van der Waals surface area contributed by atoms with Crippen molar-refractivity contribution in [3.05, 3.63) is 35.9 Å². The van der Waals surface area contributed by atoms with Crippen LogP contribution < -0.4 is 0 Å². The Bertz CT molecular complexity index is 335. The summed E-state index contributed by atoms with van der Waals surface area (Å²) in [5, 5.41) is 9.02. The predicted octanol–water partition coefficient (Wildman–Crippen LogP) is 3.98. The quantitative estimate of drug-likeness (QED) is 0.797. The summed E-state index contributed by atoms with van der Waals surface area (Å²) in [5.41, 5.74) is 1.11. The van der Waals surface area contributed by atoms with Crippen LogP contribution in [-0.2, 0) is 4.79 Å². The molecule has 1 atom stereocenters. The molecule has 1 aromatic rings. The van der Waals surface area contributed by atoms with E-state index in [1.165, 1.54) is 0 Å². The van der Waals surface area contributed by atoms with E-state index in [-0.39, 0.29) is 11.7 Å². The van der Waals surface area contributed by atoms with Gasteiger partial charge in [0, 0.05) is 5.25 Å². The molecular weight excluding hydrogens is 232 g/mol. The van der Waals surface area contributed by atoms with Crippen molar-refractivity contribution in [3.8, 4) is 0 Å². The van der Waals surface area contributed by atoms with Gasteiger partial charge in [-0.15, -0.1) is 0 Å². The fraction of sp³-hybridized carbons (Fsp3) is 0.500. The third-order valence-electron chi connectivity index (χ3n) is 2.55. The van der Waals surface area contributed by atoms with Crippen molar-refractivity contribution in [1.29, 1.82) is 0 Å². The van der Waals surface area contributed by atoms with Gasteiger partial charge in [-0.25, -0.2) is 0 Å². The highest BCUT2D eigenvalue weighted by molar-refractivity contribution is 7.99. The van der Waals surface area contributed by atoms with Gasteiger partial charge in [-0.3, -0.25) is 4.79 Å². The minimum Gasteiger partial charge on any atom is -0.481 e. The lowest BCUT2D eigenvalue weighted by Crippen LogP contribution is -2.04. The number of hydrogen-bond acceptors (Lipinski definition) is 2. The van der Waals surface area contributed by atoms with Crippen LogP contribution in [0.15, 0.2) is 30.3 Å². The highest BCUT2D eigenvalue weighted by Gasteiger charge is 2.15. The van der Waals surface area contributed by atoms with Crippen molar-refractivity contribution in [2.24, 2.45) is 5.92 Å². The number of benzene rings is 1. The zero-order chi connectivity index (χ0) is 12.7. The first kappa shape index (κ1) is 14.1. The molecule has 1 rings (SSSR count). The Hall–Kier alpha value is -0.960. The van der Waals surface area contributed by atoms with E-state index in [0.29, 0.717) is 5.92 Å². The van der Waals surface area contributed by atoms with Crippen LogP contribution in [-0.4, -0.2) is 16.8 Å². The van der Waals surface area contributed by atoms with Crippen LogP contribution in [0.3, 0.4) is 0 Å². The molecule has 0 aliphatic rings. The second-order valence-electron chi connectivity index (χ2n) is 4.55. The van der Waals surface area contributed by atoms with E-state index in [9.17, 15) is 4.79 Å². The van der Waals surface area contributed by atoms with Crippen LogP contribution in [0, 0.1) is 5.92 Å². The van der Waals surface area contributed by atoms with E-state index in [2.05, 4.69) is 13.8 Å². The van der Waals surface area contributed by atoms with Crippen LogP contribution in [0.2, 0.25) is 0 Å². The molecule has 0 saturated carbocycles. The van der Waals surface area contributed by atoms with E-state index in [0.717, 1.165) is 17.7 Å². The fourth-order valence-corrected chi connectivity index (χ4v) is 3.05. The highest BCUT2D eigenvalue weighted by atomic mass is 32.2. The third-order valence-corrected chi connectivity index (χ3v) is 3.86. The van der Waals surface area contributed by atoms with E-state index in [1.807, 2.05) is 30.3 Å². The van der Waals surface area contributed by atoms with E-state index < -0.39 is 5.97 Å². The molecule has 0 spiro atoms. The van der Waals surface area contributed by atoms with Crippen molar-refractivity contribution in [2.45, 2.75) is 31.9 Å². The lowest BCUT2D eigenvalue weighted by Gasteiger charge is -2.15. The first-order valence-electron chi connectivity index (χ1n) is 5.98. The number of carboxylic acids is 1. The number of thioether (sulfide) groups is 1. The molecular formula is C14H20O2S. The molecule has 0 aliphatic carbocycles. The summed E-state index contributed by atoms with van der Waals surface area (Å²) >= 11 is 1.75. The summed E-state index contributed by atoms with van der Waals surface area (Å²) in [4.78, 5) is 10.9. The topological polar surface area (TPSA) is 37.3 Å². The summed E-state index contributed by atoms with van der Waals surface area (Å²) in [6.45, 7) is 4.38. The normalized spacial score (nSPS) is 12.6. The van der Waals surface area contributed by atoms with Gasteiger partial charge in [0.2, 0.25) is 0 Å². The maximum absolute atomic E-state index is 10.9. The SMILES string of the molecule is CC(C)CCS[C@@H](CC(=O)O)c1ccccc1. The maximum Gasteiger partial charge on any atom is 0.304 e. The van der Waals surface area contributed by atoms with Crippen molar-refractivity contribution >= 4 is 17.7 Å². The first-order chi connectivity index (χ1) is 8.09. The average Bonchev–Trinajstić information content (AvgIpc) is 2.28. The minimum absolute atomic E-state index is 0.0763. The summed E-state index contributed by atoms with van der Waals surface area (Å²) in [5.74, 6) is 0.962. The molecule has 0 unspecified atom stereocenters. The van der Waals surface area contributed by atoms with Crippen LogP contribution in [0.5, 0.6) is 0 Å². The van der Waals surface area contributed by atoms with Crippen molar-refractivity contribution in [3.63, 3.8) is 0 Å². The van der Waals surface area contributed by atoms with Gasteiger partial charge >= 0.3 is 5.97 Å². The Morgan fingerprint density at radius 3 is 2.47 bits per heavy atom. The fourth-order valence-electron chi connectivity index (χ4n) is 1.55. The largest absolute Gasteiger partial charge is 0.481 e. The lowest BCUT2D eigenvalue weighted by atomic mass is 10.1. The third kappa shape index (κ3) is 5.78. The Morgan fingerprint density at radius 2 is 1.94 bits per heavy atom. The summed E-state index contributed by atoms with van der Waals surface area (Å²) in [6.07, 6.45) is 1.33. The van der Waals surface area contributed by atoms with E-state index in [4.69, 9.17) is 5.11 Å². The lowest BCUT2D eigenvalue weighted by molar-refractivity contribution is -0.137. The van der Waals surface area contributed by atoms with Gasteiger partial charge in [0.15, 0.2) is 0 Å². The highest BCUT2D eigenvalue weighted by Crippen LogP contribution is 2.32. The van der Waals surface area contributed by atoms with Gasteiger partial charge in [-0.2, -0.15) is 11.8 Å². The number of aliphatic carboxylic acids is 1.